The van der Waals surface area contributed by atoms with Gasteiger partial charge in [0.05, 0.1) is 13.7 Å². The molecule has 0 radical (unpaired) electrons. The average Bonchev–Trinajstić information content (AvgIpc) is 2.67. The number of halogens is 6. The minimum Gasteiger partial charge on any atom is -0.544 e. The van der Waals surface area contributed by atoms with Gasteiger partial charge >= 0.3 is 12.4 Å². The van der Waals surface area contributed by atoms with Crippen LogP contribution in [-0.2, 0) is 16.9 Å². The van der Waals surface area contributed by atoms with Gasteiger partial charge in [0.2, 0.25) is 8.32 Å². The molecule has 0 saturated heterocycles. The van der Waals surface area contributed by atoms with Crippen LogP contribution in [-0.4, -0.2) is 27.8 Å². The summed E-state index contributed by atoms with van der Waals surface area (Å²) in [6, 6.07) is 9.30. The number of ether oxygens (including phenoxy) is 2. The molecule has 2 aromatic rings. The predicted octanol–water partition coefficient (Wildman–Crippen LogP) is 7.62. The van der Waals surface area contributed by atoms with Gasteiger partial charge in [0, 0.05) is 5.56 Å². The Bertz CT molecular complexity index is 900. The molecular formula is C23H28F6O3Si. The summed E-state index contributed by atoms with van der Waals surface area (Å²) in [5, 5.41) is -0.200. The molecule has 0 aliphatic rings. The Hall–Kier alpha value is -2.20. The fraction of sp³-hybridized carbons (Fsp3) is 0.478. The smallest absolute Gasteiger partial charge is 0.430 e. The van der Waals surface area contributed by atoms with Crippen molar-refractivity contribution in [3.05, 3.63) is 59.7 Å². The van der Waals surface area contributed by atoms with Crippen LogP contribution in [0.25, 0.3) is 0 Å². The van der Waals surface area contributed by atoms with Crippen molar-refractivity contribution in [2.75, 3.05) is 7.11 Å². The van der Waals surface area contributed by atoms with Gasteiger partial charge in [-0.3, -0.25) is 0 Å². The molecule has 0 saturated carbocycles. The number of hydrogen-bond acceptors (Lipinski definition) is 3. The van der Waals surface area contributed by atoms with Crippen molar-refractivity contribution in [1.82, 2.24) is 0 Å². The van der Waals surface area contributed by atoms with Crippen molar-refractivity contribution < 1.29 is 40.2 Å². The van der Waals surface area contributed by atoms with Crippen LogP contribution < -0.4 is 9.16 Å². The maximum atomic E-state index is 14.0. The second-order valence-corrected chi connectivity index (χ2v) is 13.9. The molecule has 0 fully saturated rings. The Labute approximate surface area is 190 Å². The van der Waals surface area contributed by atoms with E-state index in [9.17, 15) is 26.3 Å². The van der Waals surface area contributed by atoms with Gasteiger partial charge in [0.1, 0.15) is 11.5 Å². The average molecular weight is 495 g/mol. The minimum atomic E-state index is -5.76. The van der Waals surface area contributed by atoms with Crippen LogP contribution in [0.4, 0.5) is 26.3 Å². The van der Waals surface area contributed by atoms with Crippen molar-refractivity contribution >= 4 is 8.32 Å². The highest BCUT2D eigenvalue weighted by atomic mass is 28.4. The van der Waals surface area contributed by atoms with Crippen molar-refractivity contribution in [2.24, 2.45) is 0 Å². The highest BCUT2D eigenvalue weighted by Gasteiger charge is 2.73. The fourth-order valence-electron chi connectivity index (χ4n) is 2.85. The van der Waals surface area contributed by atoms with Crippen molar-refractivity contribution in [3.8, 4) is 11.5 Å². The van der Waals surface area contributed by atoms with Gasteiger partial charge in [-0.25, -0.2) is 0 Å². The first-order valence-electron chi connectivity index (χ1n) is 10.1. The molecule has 0 spiro atoms. The van der Waals surface area contributed by atoms with Gasteiger partial charge in [-0.05, 0) is 48.0 Å². The SMILES string of the molecule is COc1ccc(COC(c2ccc(O[Si](C)(C)C(C)(C)C)cc2)(C(F)(F)F)C(F)(F)F)cc1. The molecule has 184 valence electrons. The number of rotatable bonds is 7. The van der Waals surface area contributed by atoms with Crippen LogP contribution in [0.3, 0.4) is 0 Å². The summed E-state index contributed by atoms with van der Waals surface area (Å²) in [5.41, 5.74) is -5.44. The van der Waals surface area contributed by atoms with E-state index in [0.29, 0.717) is 5.75 Å². The van der Waals surface area contributed by atoms with Gasteiger partial charge in [0.25, 0.3) is 5.60 Å². The Morgan fingerprint density at radius 2 is 1.18 bits per heavy atom. The van der Waals surface area contributed by atoms with Crippen LogP contribution in [0.5, 0.6) is 11.5 Å². The first-order valence-corrected chi connectivity index (χ1v) is 13.1. The lowest BCUT2D eigenvalue weighted by Gasteiger charge is -2.38. The molecule has 0 aliphatic heterocycles. The predicted molar refractivity (Wildman–Crippen MR) is 116 cm³/mol. The molecule has 2 rings (SSSR count). The van der Waals surface area contributed by atoms with Crippen LogP contribution in [0.15, 0.2) is 48.5 Å². The van der Waals surface area contributed by atoms with Crippen molar-refractivity contribution in [1.29, 1.82) is 0 Å². The molecule has 2 aromatic carbocycles. The van der Waals surface area contributed by atoms with E-state index in [1.165, 1.54) is 31.4 Å². The molecule has 0 atom stereocenters. The van der Waals surface area contributed by atoms with E-state index >= 15 is 0 Å². The van der Waals surface area contributed by atoms with Gasteiger partial charge in [-0.2, -0.15) is 26.3 Å². The normalized spacial score (nSPS) is 13.7. The van der Waals surface area contributed by atoms with Crippen LogP contribution >= 0.6 is 0 Å². The van der Waals surface area contributed by atoms with Gasteiger partial charge < -0.3 is 13.9 Å². The van der Waals surface area contributed by atoms with Crippen LogP contribution in [0, 0.1) is 0 Å². The molecule has 10 heteroatoms. The highest BCUT2D eigenvalue weighted by Crippen LogP contribution is 2.53. The molecule has 0 amide bonds. The summed E-state index contributed by atoms with van der Waals surface area (Å²) in [6.45, 7) is 8.85. The fourth-order valence-corrected chi connectivity index (χ4v) is 3.89. The molecule has 0 unspecified atom stereocenters. The highest BCUT2D eigenvalue weighted by molar-refractivity contribution is 6.74. The molecule has 33 heavy (non-hydrogen) atoms. The zero-order valence-corrected chi connectivity index (χ0v) is 20.3. The summed E-state index contributed by atoms with van der Waals surface area (Å²) in [4.78, 5) is 0. The van der Waals surface area contributed by atoms with E-state index in [1.807, 2.05) is 33.9 Å². The van der Waals surface area contributed by atoms with Gasteiger partial charge in [-0.15, -0.1) is 0 Å². The largest absolute Gasteiger partial charge is 0.544 e. The number of methoxy groups -OCH3 is 1. The molecule has 0 N–H and O–H groups in total. The number of benzene rings is 2. The van der Waals surface area contributed by atoms with Gasteiger partial charge in [0.15, 0.2) is 0 Å². The van der Waals surface area contributed by atoms with Crippen molar-refractivity contribution in [3.63, 3.8) is 0 Å². The molecule has 3 nitrogen and oxygen atoms in total. The van der Waals surface area contributed by atoms with Crippen LogP contribution in [0.1, 0.15) is 31.9 Å². The molecule has 0 aliphatic carbocycles. The van der Waals surface area contributed by atoms with E-state index in [1.54, 1.807) is 0 Å². The maximum Gasteiger partial charge on any atom is 0.430 e. The molecular weight excluding hydrogens is 466 g/mol. The standard InChI is InChI=1S/C23H28F6O3Si/c1-20(2,3)33(5,6)32-19-13-9-17(10-14-19)21(22(24,25)26,23(27,28)29)31-15-16-7-11-18(30-4)12-8-16/h7-14H,15H2,1-6H3. The summed E-state index contributed by atoms with van der Waals surface area (Å²) in [7, 11) is -0.944. The second-order valence-electron chi connectivity index (χ2n) is 9.20. The maximum absolute atomic E-state index is 14.0. The molecule has 0 heterocycles. The van der Waals surface area contributed by atoms with Crippen LogP contribution in [0.2, 0.25) is 18.1 Å². The lowest BCUT2D eigenvalue weighted by atomic mass is 9.91. The van der Waals surface area contributed by atoms with E-state index in [2.05, 4.69) is 4.74 Å². The van der Waals surface area contributed by atoms with Crippen molar-refractivity contribution in [2.45, 2.75) is 63.5 Å². The summed E-state index contributed by atoms with van der Waals surface area (Å²) in [5.74, 6) is 0.618. The summed E-state index contributed by atoms with van der Waals surface area (Å²) < 4.78 is 99.7. The first-order chi connectivity index (χ1) is 14.9. The lowest BCUT2D eigenvalue weighted by Crippen LogP contribution is -2.55. The monoisotopic (exact) mass is 494 g/mol. The number of alkyl halides is 6. The Balaban J connectivity index is 2.45. The zero-order valence-electron chi connectivity index (χ0n) is 19.3. The Morgan fingerprint density at radius 1 is 0.727 bits per heavy atom. The molecule has 0 aromatic heterocycles. The first kappa shape index (κ1) is 27.0. The van der Waals surface area contributed by atoms with E-state index < -0.39 is 38.4 Å². The van der Waals surface area contributed by atoms with Gasteiger partial charge in [-0.1, -0.05) is 45.0 Å². The third kappa shape index (κ3) is 5.66. The van der Waals surface area contributed by atoms with E-state index in [4.69, 9.17) is 9.16 Å². The second kappa shape index (κ2) is 9.21. The summed E-state index contributed by atoms with van der Waals surface area (Å²) >= 11 is 0. The molecule has 0 bridgehead atoms. The third-order valence-electron chi connectivity index (χ3n) is 5.85. The zero-order chi connectivity index (χ0) is 25.3. The Morgan fingerprint density at radius 3 is 1.58 bits per heavy atom. The quantitative estimate of drug-likeness (QED) is 0.293. The van der Waals surface area contributed by atoms with E-state index in [0.717, 1.165) is 24.3 Å². The third-order valence-corrected chi connectivity index (χ3v) is 10.2. The van der Waals surface area contributed by atoms with E-state index in [-0.39, 0.29) is 16.4 Å². The minimum absolute atomic E-state index is 0.131. The summed E-state index contributed by atoms with van der Waals surface area (Å²) in [6.07, 6.45) is -11.5. The lowest BCUT2D eigenvalue weighted by molar-refractivity contribution is -0.392. The topological polar surface area (TPSA) is 27.7 Å². The Kier molecular flexibility index (Phi) is 7.55. The number of hydrogen-bond donors (Lipinski definition) is 0.